The minimum Gasteiger partial charge on any atom is -0.435 e. The van der Waals surface area contributed by atoms with Crippen LogP contribution in [0.4, 0.5) is 14.5 Å². The molecule has 88 valence electrons. The molecule has 16 heavy (non-hydrogen) atoms. The minimum atomic E-state index is -2.79. The minimum absolute atomic E-state index is 0.166. The summed E-state index contributed by atoms with van der Waals surface area (Å²) in [4.78, 5) is 0. The van der Waals surface area contributed by atoms with Crippen LogP contribution in [-0.4, -0.2) is 25.9 Å². The number of hydrogen-bond donors (Lipinski definition) is 1. The summed E-state index contributed by atoms with van der Waals surface area (Å²) in [5.41, 5.74) is 0.772. The van der Waals surface area contributed by atoms with Gasteiger partial charge in [-0.15, -0.1) is 0 Å². The first-order valence-corrected chi connectivity index (χ1v) is 5.13. The SMILES string of the molecule is FC(F)Oc1cccc(NC2CCOC2)c1. The van der Waals surface area contributed by atoms with Gasteiger partial charge in [-0.1, -0.05) is 6.07 Å². The molecular formula is C11H13F2NO2. The Morgan fingerprint density at radius 3 is 3.00 bits per heavy atom. The predicted molar refractivity (Wildman–Crippen MR) is 55.9 cm³/mol. The first kappa shape index (κ1) is 11.1. The normalized spacial score (nSPS) is 20.1. The van der Waals surface area contributed by atoms with Gasteiger partial charge < -0.3 is 14.8 Å². The lowest BCUT2D eigenvalue weighted by molar-refractivity contribution is -0.0498. The molecule has 1 N–H and O–H groups in total. The number of rotatable bonds is 4. The molecule has 1 aromatic carbocycles. The molecular weight excluding hydrogens is 216 g/mol. The van der Waals surface area contributed by atoms with Gasteiger partial charge in [0.25, 0.3) is 0 Å². The lowest BCUT2D eigenvalue weighted by atomic mass is 10.2. The average Bonchev–Trinajstić information content (AvgIpc) is 2.70. The van der Waals surface area contributed by atoms with E-state index in [2.05, 4.69) is 10.1 Å². The zero-order valence-corrected chi connectivity index (χ0v) is 8.66. The molecule has 5 heteroatoms. The molecule has 1 heterocycles. The average molecular weight is 229 g/mol. The topological polar surface area (TPSA) is 30.5 Å². The van der Waals surface area contributed by atoms with Gasteiger partial charge in [0.1, 0.15) is 5.75 Å². The predicted octanol–water partition coefficient (Wildman–Crippen LogP) is 2.49. The van der Waals surface area contributed by atoms with Crippen molar-refractivity contribution < 1.29 is 18.3 Å². The van der Waals surface area contributed by atoms with Crippen molar-refractivity contribution in [1.82, 2.24) is 0 Å². The number of alkyl halides is 2. The number of anilines is 1. The van der Waals surface area contributed by atoms with Crippen LogP contribution in [0.2, 0.25) is 0 Å². The smallest absolute Gasteiger partial charge is 0.387 e. The maximum atomic E-state index is 12.0. The van der Waals surface area contributed by atoms with E-state index in [0.717, 1.165) is 18.7 Å². The van der Waals surface area contributed by atoms with Crippen LogP contribution in [0.15, 0.2) is 24.3 Å². The number of benzene rings is 1. The van der Waals surface area contributed by atoms with E-state index in [1.165, 1.54) is 6.07 Å². The molecule has 0 aliphatic carbocycles. The lowest BCUT2D eigenvalue weighted by Crippen LogP contribution is -2.18. The largest absolute Gasteiger partial charge is 0.435 e. The van der Waals surface area contributed by atoms with Crippen LogP contribution in [0.25, 0.3) is 0 Å². The first-order valence-electron chi connectivity index (χ1n) is 5.13. The van der Waals surface area contributed by atoms with E-state index in [-0.39, 0.29) is 11.8 Å². The molecule has 0 saturated carbocycles. The highest BCUT2D eigenvalue weighted by Crippen LogP contribution is 2.21. The summed E-state index contributed by atoms with van der Waals surface area (Å²) in [6.07, 6.45) is 0.930. The Labute approximate surface area is 92.4 Å². The highest BCUT2D eigenvalue weighted by Gasteiger charge is 2.15. The monoisotopic (exact) mass is 229 g/mol. The fourth-order valence-corrected chi connectivity index (χ4v) is 1.65. The number of ether oxygens (including phenoxy) is 2. The van der Waals surface area contributed by atoms with Gasteiger partial charge in [0.15, 0.2) is 0 Å². The van der Waals surface area contributed by atoms with Gasteiger partial charge in [-0.25, -0.2) is 0 Å². The van der Waals surface area contributed by atoms with Gasteiger partial charge in [-0.05, 0) is 18.6 Å². The third-order valence-electron chi connectivity index (χ3n) is 2.36. The summed E-state index contributed by atoms with van der Waals surface area (Å²) in [5.74, 6) is 0.166. The van der Waals surface area contributed by atoms with Gasteiger partial charge in [0.2, 0.25) is 0 Å². The van der Waals surface area contributed by atoms with E-state index < -0.39 is 6.61 Å². The molecule has 1 fully saturated rings. The molecule has 0 spiro atoms. The molecule has 0 aromatic heterocycles. The van der Waals surface area contributed by atoms with Gasteiger partial charge in [0, 0.05) is 18.4 Å². The second-order valence-corrected chi connectivity index (χ2v) is 3.61. The lowest BCUT2D eigenvalue weighted by Gasteiger charge is -2.13. The Hall–Kier alpha value is -1.36. The molecule has 3 nitrogen and oxygen atoms in total. The van der Waals surface area contributed by atoms with Crippen LogP contribution in [-0.2, 0) is 4.74 Å². The second kappa shape index (κ2) is 5.12. The summed E-state index contributed by atoms with van der Waals surface area (Å²) >= 11 is 0. The van der Waals surface area contributed by atoms with Crippen molar-refractivity contribution in [1.29, 1.82) is 0 Å². The quantitative estimate of drug-likeness (QED) is 0.860. The molecule has 1 atom stereocenters. The molecule has 0 amide bonds. The van der Waals surface area contributed by atoms with Crippen LogP contribution in [0.1, 0.15) is 6.42 Å². The first-order chi connectivity index (χ1) is 7.74. The molecule has 1 aliphatic heterocycles. The fourth-order valence-electron chi connectivity index (χ4n) is 1.65. The van der Waals surface area contributed by atoms with Gasteiger partial charge >= 0.3 is 6.61 Å². The Balaban J connectivity index is 1.97. The van der Waals surface area contributed by atoms with Crippen LogP contribution in [0.5, 0.6) is 5.75 Å². The van der Waals surface area contributed by atoms with E-state index in [9.17, 15) is 8.78 Å². The molecule has 1 unspecified atom stereocenters. The Morgan fingerprint density at radius 1 is 1.44 bits per heavy atom. The van der Waals surface area contributed by atoms with Crippen LogP contribution >= 0.6 is 0 Å². The Morgan fingerprint density at radius 2 is 2.31 bits per heavy atom. The molecule has 2 rings (SSSR count). The van der Waals surface area contributed by atoms with Crippen molar-refractivity contribution in [3.05, 3.63) is 24.3 Å². The van der Waals surface area contributed by atoms with Crippen LogP contribution in [0, 0.1) is 0 Å². The third kappa shape index (κ3) is 3.06. The number of nitrogens with one attached hydrogen (secondary N) is 1. The molecule has 0 bridgehead atoms. The zero-order chi connectivity index (χ0) is 11.4. The van der Waals surface area contributed by atoms with E-state index >= 15 is 0 Å². The molecule has 1 aromatic rings. The van der Waals surface area contributed by atoms with Crippen molar-refractivity contribution in [2.24, 2.45) is 0 Å². The number of halogens is 2. The molecule has 1 saturated heterocycles. The Kier molecular flexibility index (Phi) is 3.56. The van der Waals surface area contributed by atoms with Gasteiger partial charge in [-0.3, -0.25) is 0 Å². The highest BCUT2D eigenvalue weighted by molar-refractivity contribution is 5.49. The van der Waals surface area contributed by atoms with Crippen molar-refractivity contribution in [2.45, 2.75) is 19.1 Å². The van der Waals surface area contributed by atoms with Gasteiger partial charge in [-0.2, -0.15) is 8.78 Å². The van der Waals surface area contributed by atoms with Crippen LogP contribution < -0.4 is 10.1 Å². The second-order valence-electron chi connectivity index (χ2n) is 3.61. The summed E-state index contributed by atoms with van der Waals surface area (Å²) in [6.45, 7) is -1.39. The summed E-state index contributed by atoms with van der Waals surface area (Å²) in [5, 5.41) is 3.20. The van der Waals surface area contributed by atoms with E-state index in [1.807, 2.05) is 6.07 Å². The third-order valence-corrected chi connectivity index (χ3v) is 2.36. The van der Waals surface area contributed by atoms with Crippen molar-refractivity contribution >= 4 is 5.69 Å². The Bertz CT molecular complexity index is 341. The van der Waals surface area contributed by atoms with E-state index in [4.69, 9.17) is 4.74 Å². The van der Waals surface area contributed by atoms with Crippen molar-refractivity contribution in [2.75, 3.05) is 18.5 Å². The van der Waals surface area contributed by atoms with Crippen molar-refractivity contribution in [3.8, 4) is 5.75 Å². The van der Waals surface area contributed by atoms with E-state index in [0.29, 0.717) is 6.61 Å². The summed E-state index contributed by atoms with van der Waals surface area (Å²) in [6, 6.07) is 6.81. The molecule has 1 aliphatic rings. The maximum absolute atomic E-state index is 12.0. The summed E-state index contributed by atoms with van der Waals surface area (Å²) < 4.78 is 33.5. The zero-order valence-electron chi connectivity index (χ0n) is 8.66. The fraction of sp³-hybridized carbons (Fsp3) is 0.455. The van der Waals surface area contributed by atoms with Crippen molar-refractivity contribution in [3.63, 3.8) is 0 Å². The van der Waals surface area contributed by atoms with Gasteiger partial charge in [0.05, 0.1) is 12.6 Å². The highest BCUT2D eigenvalue weighted by atomic mass is 19.3. The maximum Gasteiger partial charge on any atom is 0.387 e. The van der Waals surface area contributed by atoms with E-state index in [1.54, 1.807) is 12.1 Å². The standard InChI is InChI=1S/C11H13F2NO2/c12-11(13)16-10-3-1-2-8(6-10)14-9-4-5-15-7-9/h1-3,6,9,11,14H,4-5,7H2. The molecule has 0 radical (unpaired) electrons. The number of hydrogen-bond acceptors (Lipinski definition) is 3. The van der Waals surface area contributed by atoms with Crippen LogP contribution in [0.3, 0.4) is 0 Å². The summed E-state index contributed by atoms with van der Waals surface area (Å²) in [7, 11) is 0.